The molecule has 1 aliphatic rings. The lowest BCUT2D eigenvalue weighted by Gasteiger charge is -2.12. The maximum Gasteiger partial charge on any atom is 0.407 e. The molecule has 1 atom stereocenters. The molecule has 76 valence electrons. The average Bonchev–Trinajstić information content (AvgIpc) is 2.53. The molecule has 0 saturated carbocycles. The van der Waals surface area contributed by atoms with Gasteiger partial charge >= 0.3 is 6.09 Å². The van der Waals surface area contributed by atoms with Gasteiger partial charge in [0.1, 0.15) is 0 Å². The molecule has 1 saturated heterocycles. The van der Waals surface area contributed by atoms with E-state index in [9.17, 15) is 4.79 Å². The van der Waals surface area contributed by atoms with Crippen molar-refractivity contribution in [2.75, 3.05) is 19.7 Å². The molecule has 0 unspecified atom stereocenters. The normalized spacial score (nSPS) is 21.9. The molecule has 2 N–H and O–H groups in total. The van der Waals surface area contributed by atoms with Crippen LogP contribution in [0.2, 0.25) is 0 Å². The molecular weight excluding hydrogens is 168 g/mol. The highest BCUT2D eigenvalue weighted by atomic mass is 16.5. The van der Waals surface area contributed by atoms with Gasteiger partial charge in [-0.2, -0.15) is 0 Å². The number of carbonyl (C=O) groups excluding carboxylic acids is 1. The molecule has 1 heterocycles. The summed E-state index contributed by atoms with van der Waals surface area (Å²) in [5, 5.41) is 5.98. The van der Waals surface area contributed by atoms with E-state index in [4.69, 9.17) is 4.74 Å². The number of hydrogen-bond acceptors (Lipinski definition) is 3. The summed E-state index contributed by atoms with van der Waals surface area (Å²) in [6, 6.07) is 0.250. The second kappa shape index (κ2) is 5.07. The summed E-state index contributed by atoms with van der Waals surface area (Å²) < 4.78 is 4.99. The van der Waals surface area contributed by atoms with Gasteiger partial charge in [0.05, 0.1) is 6.61 Å². The SMILES string of the molecule is CC(C)COC(=O)N[C@@H]1CCNC1. The van der Waals surface area contributed by atoms with Gasteiger partial charge in [-0.3, -0.25) is 0 Å². The molecule has 1 amide bonds. The smallest absolute Gasteiger partial charge is 0.407 e. The van der Waals surface area contributed by atoms with Gasteiger partial charge in [0.25, 0.3) is 0 Å². The Morgan fingerprint density at radius 1 is 1.69 bits per heavy atom. The van der Waals surface area contributed by atoms with Crippen LogP contribution in [0.25, 0.3) is 0 Å². The van der Waals surface area contributed by atoms with Gasteiger partial charge in [-0.15, -0.1) is 0 Å². The van der Waals surface area contributed by atoms with Gasteiger partial charge in [-0.1, -0.05) is 13.8 Å². The summed E-state index contributed by atoms with van der Waals surface area (Å²) in [7, 11) is 0. The molecule has 0 spiro atoms. The Morgan fingerprint density at radius 2 is 2.46 bits per heavy atom. The number of alkyl carbamates (subject to hydrolysis) is 1. The molecule has 0 aliphatic carbocycles. The van der Waals surface area contributed by atoms with Crippen LogP contribution in [0.15, 0.2) is 0 Å². The maximum atomic E-state index is 11.1. The predicted molar refractivity (Wildman–Crippen MR) is 50.6 cm³/mol. The Hall–Kier alpha value is -0.770. The van der Waals surface area contributed by atoms with E-state index in [1.165, 1.54) is 0 Å². The van der Waals surface area contributed by atoms with Crippen LogP contribution >= 0.6 is 0 Å². The van der Waals surface area contributed by atoms with Gasteiger partial charge < -0.3 is 15.4 Å². The molecule has 0 aromatic rings. The van der Waals surface area contributed by atoms with Crippen LogP contribution in [-0.2, 0) is 4.74 Å². The molecule has 1 aliphatic heterocycles. The Bertz CT molecular complexity index is 165. The van der Waals surface area contributed by atoms with Crippen molar-refractivity contribution < 1.29 is 9.53 Å². The molecule has 4 heteroatoms. The van der Waals surface area contributed by atoms with E-state index in [1.807, 2.05) is 13.8 Å². The lowest BCUT2D eigenvalue weighted by atomic mass is 10.2. The molecule has 0 bridgehead atoms. The average molecular weight is 186 g/mol. The fourth-order valence-corrected chi connectivity index (χ4v) is 1.23. The van der Waals surface area contributed by atoms with Crippen LogP contribution in [0.4, 0.5) is 4.79 Å². The zero-order chi connectivity index (χ0) is 9.68. The van der Waals surface area contributed by atoms with Crippen LogP contribution in [0.1, 0.15) is 20.3 Å². The minimum Gasteiger partial charge on any atom is -0.449 e. The highest BCUT2D eigenvalue weighted by Crippen LogP contribution is 1.98. The van der Waals surface area contributed by atoms with Crippen LogP contribution < -0.4 is 10.6 Å². The Balaban J connectivity index is 2.09. The fourth-order valence-electron chi connectivity index (χ4n) is 1.23. The third-order valence-corrected chi connectivity index (χ3v) is 1.93. The number of carbonyl (C=O) groups is 1. The van der Waals surface area contributed by atoms with Crippen LogP contribution in [0, 0.1) is 5.92 Å². The van der Waals surface area contributed by atoms with Crippen molar-refractivity contribution in [1.82, 2.24) is 10.6 Å². The summed E-state index contributed by atoms with van der Waals surface area (Å²) >= 11 is 0. The van der Waals surface area contributed by atoms with Crippen molar-refractivity contribution in [3.8, 4) is 0 Å². The topological polar surface area (TPSA) is 50.4 Å². The molecule has 4 nitrogen and oxygen atoms in total. The molecule has 13 heavy (non-hydrogen) atoms. The van der Waals surface area contributed by atoms with Crippen LogP contribution in [0.5, 0.6) is 0 Å². The Morgan fingerprint density at radius 3 is 3.00 bits per heavy atom. The second-order valence-electron chi connectivity index (χ2n) is 3.83. The van der Waals surface area contributed by atoms with E-state index in [-0.39, 0.29) is 12.1 Å². The number of rotatable bonds is 3. The quantitative estimate of drug-likeness (QED) is 0.683. The molecule has 0 aromatic heterocycles. The first-order valence-corrected chi connectivity index (χ1v) is 4.82. The van der Waals surface area contributed by atoms with E-state index in [1.54, 1.807) is 0 Å². The summed E-state index contributed by atoms with van der Waals surface area (Å²) in [5.74, 6) is 0.396. The van der Waals surface area contributed by atoms with Gasteiger partial charge in [0.2, 0.25) is 0 Å². The molecule has 1 fully saturated rings. The highest BCUT2D eigenvalue weighted by Gasteiger charge is 2.17. The van der Waals surface area contributed by atoms with E-state index in [0.717, 1.165) is 19.5 Å². The zero-order valence-electron chi connectivity index (χ0n) is 8.30. The standard InChI is InChI=1S/C9H18N2O2/c1-7(2)6-13-9(12)11-8-3-4-10-5-8/h7-8,10H,3-6H2,1-2H3,(H,11,12)/t8-/m1/s1. The highest BCUT2D eigenvalue weighted by molar-refractivity contribution is 5.67. The van der Waals surface area contributed by atoms with Crippen molar-refractivity contribution in [3.05, 3.63) is 0 Å². The Kier molecular flexibility index (Phi) is 4.02. The van der Waals surface area contributed by atoms with Gasteiger partial charge in [-0.05, 0) is 18.9 Å². The third kappa shape index (κ3) is 4.12. The minimum absolute atomic E-state index is 0.250. The van der Waals surface area contributed by atoms with E-state index in [2.05, 4.69) is 10.6 Å². The Labute approximate surface area is 79.0 Å². The van der Waals surface area contributed by atoms with Crippen LogP contribution in [-0.4, -0.2) is 31.8 Å². The molecule has 0 aromatic carbocycles. The molecule has 1 rings (SSSR count). The fraction of sp³-hybridized carbons (Fsp3) is 0.889. The van der Waals surface area contributed by atoms with E-state index < -0.39 is 0 Å². The molecular formula is C9H18N2O2. The number of ether oxygens (including phenoxy) is 1. The van der Waals surface area contributed by atoms with Crippen LogP contribution in [0.3, 0.4) is 0 Å². The number of amides is 1. The second-order valence-corrected chi connectivity index (χ2v) is 3.83. The first-order valence-electron chi connectivity index (χ1n) is 4.82. The summed E-state index contributed by atoms with van der Waals surface area (Å²) in [6.45, 7) is 6.37. The minimum atomic E-state index is -0.289. The number of hydrogen-bond donors (Lipinski definition) is 2. The lowest BCUT2D eigenvalue weighted by Crippen LogP contribution is -2.37. The van der Waals surface area contributed by atoms with Crippen molar-refractivity contribution >= 4 is 6.09 Å². The van der Waals surface area contributed by atoms with E-state index >= 15 is 0 Å². The lowest BCUT2D eigenvalue weighted by molar-refractivity contribution is 0.130. The van der Waals surface area contributed by atoms with Crippen molar-refractivity contribution in [1.29, 1.82) is 0 Å². The first-order chi connectivity index (χ1) is 6.18. The maximum absolute atomic E-state index is 11.1. The van der Waals surface area contributed by atoms with Gasteiger partial charge in [0, 0.05) is 12.6 Å². The van der Waals surface area contributed by atoms with Crippen molar-refractivity contribution in [3.63, 3.8) is 0 Å². The van der Waals surface area contributed by atoms with Gasteiger partial charge in [-0.25, -0.2) is 4.79 Å². The largest absolute Gasteiger partial charge is 0.449 e. The zero-order valence-corrected chi connectivity index (χ0v) is 8.30. The van der Waals surface area contributed by atoms with E-state index in [0.29, 0.717) is 12.5 Å². The summed E-state index contributed by atoms with van der Waals surface area (Å²) in [4.78, 5) is 11.1. The first kappa shape index (κ1) is 10.3. The van der Waals surface area contributed by atoms with Crippen molar-refractivity contribution in [2.45, 2.75) is 26.3 Å². The summed E-state index contributed by atoms with van der Waals surface area (Å²) in [6.07, 6.45) is 0.707. The predicted octanol–water partition coefficient (Wildman–Crippen LogP) is 0.730. The monoisotopic (exact) mass is 186 g/mol. The third-order valence-electron chi connectivity index (χ3n) is 1.93. The van der Waals surface area contributed by atoms with Crippen molar-refractivity contribution in [2.24, 2.45) is 5.92 Å². The number of nitrogens with one attached hydrogen (secondary N) is 2. The summed E-state index contributed by atoms with van der Waals surface area (Å²) in [5.41, 5.74) is 0. The van der Waals surface area contributed by atoms with Gasteiger partial charge in [0.15, 0.2) is 0 Å². The molecule has 0 radical (unpaired) electrons.